The van der Waals surface area contributed by atoms with Crippen LogP contribution in [0.1, 0.15) is 22.3 Å². The van der Waals surface area contributed by atoms with Crippen LogP contribution < -0.4 is 4.90 Å². The van der Waals surface area contributed by atoms with Crippen LogP contribution in [0.5, 0.6) is 0 Å². The normalized spacial score (nSPS) is 12.8. The molecule has 0 aliphatic heterocycles. The maximum absolute atomic E-state index is 7.23. The Bertz CT molecular complexity index is 3670. The second kappa shape index (κ2) is 14.6. The van der Waals surface area contributed by atoms with E-state index in [-0.39, 0.29) is 0 Å². The molecular weight excluding hydrogens is 795 g/mol. The van der Waals surface area contributed by atoms with Crippen molar-refractivity contribution in [3.05, 3.63) is 259 Å². The van der Waals surface area contributed by atoms with Gasteiger partial charge in [-0.05, 0) is 92.5 Å². The molecule has 64 heavy (non-hydrogen) atoms. The summed E-state index contributed by atoms with van der Waals surface area (Å²) in [7, 11) is 0. The highest BCUT2D eigenvalue weighted by atomic mass is 32.1. The molecule has 10 aromatic carbocycles. The molecule has 0 unspecified atom stereocenters. The van der Waals surface area contributed by atoms with Gasteiger partial charge in [0.05, 0.1) is 5.41 Å². The number of hydrogen-bond donors (Lipinski definition) is 0. The summed E-state index contributed by atoms with van der Waals surface area (Å²) in [6.07, 6.45) is 0. The first kappa shape index (κ1) is 36.7. The van der Waals surface area contributed by atoms with E-state index in [2.05, 4.69) is 241 Å². The molecule has 0 saturated carbocycles. The Morgan fingerprint density at radius 2 is 0.891 bits per heavy atom. The Morgan fingerprint density at radius 1 is 0.359 bits per heavy atom. The fourth-order valence-electron chi connectivity index (χ4n) is 10.5. The van der Waals surface area contributed by atoms with Gasteiger partial charge in [0, 0.05) is 59.6 Å². The third kappa shape index (κ3) is 5.51. The molecule has 3 heteroatoms. The van der Waals surface area contributed by atoms with Gasteiger partial charge in [0.2, 0.25) is 0 Å². The van der Waals surface area contributed by atoms with Crippen LogP contribution in [0, 0.1) is 0 Å². The van der Waals surface area contributed by atoms with Crippen molar-refractivity contribution in [3.63, 3.8) is 0 Å². The van der Waals surface area contributed by atoms with E-state index in [1.54, 1.807) is 0 Å². The average molecular weight is 834 g/mol. The van der Waals surface area contributed by atoms with E-state index in [9.17, 15) is 0 Å². The maximum atomic E-state index is 7.23. The van der Waals surface area contributed by atoms with E-state index in [4.69, 9.17) is 4.42 Å². The Morgan fingerprint density at radius 3 is 1.62 bits per heavy atom. The van der Waals surface area contributed by atoms with Gasteiger partial charge in [0.1, 0.15) is 11.2 Å². The van der Waals surface area contributed by atoms with Crippen LogP contribution in [0.15, 0.2) is 241 Å². The Labute approximate surface area is 375 Å². The third-order valence-corrected chi connectivity index (χ3v) is 14.6. The molecule has 12 aromatic rings. The number of anilines is 3. The lowest BCUT2D eigenvalue weighted by molar-refractivity contribution is 0.648. The van der Waals surface area contributed by atoms with E-state index in [1.807, 2.05) is 11.3 Å². The molecule has 2 heterocycles. The molecule has 0 fully saturated rings. The van der Waals surface area contributed by atoms with Gasteiger partial charge in [-0.1, -0.05) is 188 Å². The number of benzene rings is 10. The maximum Gasteiger partial charge on any atom is 0.140 e. The van der Waals surface area contributed by atoms with Crippen LogP contribution in [0.4, 0.5) is 17.1 Å². The van der Waals surface area contributed by atoms with E-state index in [0.717, 1.165) is 44.6 Å². The second-order valence-electron chi connectivity index (χ2n) is 16.7. The Balaban J connectivity index is 0.979. The predicted octanol–water partition coefficient (Wildman–Crippen LogP) is 17.1. The van der Waals surface area contributed by atoms with Gasteiger partial charge in [-0.15, -0.1) is 11.3 Å². The smallest absolute Gasteiger partial charge is 0.140 e. The molecular formula is C61H39NOS. The minimum atomic E-state index is -0.570. The van der Waals surface area contributed by atoms with Crippen molar-refractivity contribution in [3.8, 4) is 33.4 Å². The molecule has 0 atom stereocenters. The first-order valence-corrected chi connectivity index (χ1v) is 22.7. The van der Waals surface area contributed by atoms with Crippen molar-refractivity contribution >= 4 is 70.5 Å². The van der Waals surface area contributed by atoms with Gasteiger partial charge < -0.3 is 9.32 Å². The standard InChI is InChI=1S/C61H39NOS/c1-3-15-40(16-4-1)41-29-33-44(34-30-41)62(45-35-31-42(32-36-45)47-22-13-24-53-51-21-9-12-28-58(51)64-60(47)53)46-37-38-50-52-23-14-27-56(59(52)63-57(50)39-46)61(43-17-5-2-6-18-43)54-25-10-7-19-48(54)49-20-8-11-26-55(49)61/h1-39H. The molecule has 2 nitrogen and oxygen atoms in total. The highest BCUT2D eigenvalue weighted by molar-refractivity contribution is 7.26. The van der Waals surface area contributed by atoms with Gasteiger partial charge in [0.25, 0.3) is 0 Å². The zero-order valence-corrected chi connectivity index (χ0v) is 35.6. The van der Waals surface area contributed by atoms with Crippen LogP contribution in [-0.2, 0) is 5.41 Å². The van der Waals surface area contributed by atoms with Gasteiger partial charge >= 0.3 is 0 Å². The van der Waals surface area contributed by atoms with Crippen LogP contribution in [0.3, 0.4) is 0 Å². The van der Waals surface area contributed by atoms with E-state index in [0.29, 0.717) is 0 Å². The molecule has 0 saturated heterocycles. The molecule has 300 valence electrons. The Kier molecular flexibility index (Phi) is 8.34. The lowest BCUT2D eigenvalue weighted by Crippen LogP contribution is -2.28. The second-order valence-corrected chi connectivity index (χ2v) is 17.8. The number of fused-ring (bicyclic) bond motifs is 9. The predicted molar refractivity (Wildman–Crippen MR) is 269 cm³/mol. The van der Waals surface area contributed by atoms with Crippen LogP contribution in [0.25, 0.3) is 75.5 Å². The summed E-state index contributed by atoms with van der Waals surface area (Å²) in [5.74, 6) is 0. The fraction of sp³-hybridized carbons (Fsp3) is 0.0164. The van der Waals surface area contributed by atoms with Crippen LogP contribution in [0.2, 0.25) is 0 Å². The van der Waals surface area contributed by atoms with Crippen LogP contribution >= 0.6 is 11.3 Å². The van der Waals surface area contributed by atoms with E-state index in [1.165, 1.54) is 70.2 Å². The molecule has 0 N–H and O–H groups in total. The number of hydrogen-bond acceptors (Lipinski definition) is 3. The topological polar surface area (TPSA) is 16.4 Å². The Hall–Kier alpha value is -7.98. The van der Waals surface area contributed by atoms with Gasteiger partial charge in [-0.2, -0.15) is 0 Å². The quantitative estimate of drug-likeness (QED) is 0.159. The molecule has 1 aliphatic rings. The zero-order valence-electron chi connectivity index (χ0n) is 34.8. The molecule has 0 amide bonds. The summed E-state index contributed by atoms with van der Waals surface area (Å²) in [6.45, 7) is 0. The van der Waals surface area contributed by atoms with Crippen molar-refractivity contribution in [1.29, 1.82) is 0 Å². The number of thiophene rings is 1. The summed E-state index contributed by atoms with van der Waals surface area (Å²) < 4.78 is 9.86. The summed E-state index contributed by atoms with van der Waals surface area (Å²) in [5, 5.41) is 4.82. The monoisotopic (exact) mass is 833 g/mol. The van der Waals surface area contributed by atoms with Gasteiger partial charge in [-0.3, -0.25) is 0 Å². The van der Waals surface area contributed by atoms with Crippen LogP contribution in [-0.4, -0.2) is 0 Å². The van der Waals surface area contributed by atoms with Crippen molar-refractivity contribution in [2.24, 2.45) is 0 Å². The van der Waals surface area contributed by atoms with Crippen molar-refractivity contribution in [2.75, 3.05) is 4.90 Å². The fourth-order valence-corrected chi connectivity index (χ4v) is 11.8. The number of para-hydroxylation sites is 1. The summed E-state index contributed by atoms with van der Waals surface area (Å²) >= 11 is 1.87. The summed E-state index contributed by atoms with van der Waals surface area (Å²) in [4.78, 5) is 2.35. The zero-order chi connectivity index (χ0) is 42.2. The van der Waals surface area contributed by atoms with Crippen molar-refractivity contribution in [2.45, 2.75) is 5.41 Å². The van der Waals surface area contributed by atoms with Crippen molar-refractivity contribution < 1.29 is 4.42 Å². The summed E-state index contributed by atoms with van der Waals surface area (Å²) in [5.41, 5.74) is 16.6. The molecule has 0 spiro atoms. The highest BCUT2D eigenvalue weighted by Crippen LogP contribution is 2.57. The molecule has 13 rings (SSSR count). The molecule has 0 radical (unpaired) electrons. The molecule has 1 aliphatic carbocycles. The largest absolute Gasteiger partial charge is 0.456 e. The van der Waals surface area contributed by atoms with E-state index >= 15 is 0 Å². The number of nitrogens with zero attached hydrogens (tertiary/aromatic N) is 1. The third-order valence-electron chi connectivity index (χ3n) is 13.4. The number of furan rings is 1. The average Bonchev–Trinajstić information content (AvgIpc) is 4.04. The first-order valence-electron chi connectivity index (χ1n) is 21.9. The molecule has 2 aromatic heterocycles. The minimum Gasteiger partial charge on any atom is -0.456 e. The SMILES string of the molecule is c1ccc(-c2ccc(N(c3ccc(-c4cccc5c4sc4ccccc45)cc3)c3ccc4c(c3)oc3c(C5(c6ccccc6)c6ccccc6-c6ccccc65)cccc34)cc2)cc1. The minimum absolute atomic E-state index is 0.570. The summed E-state index contributed by atoms with van der Waals surface area (Å²) in [6, 6.07) is 86.1. The lowest BCUT2D eigenvalue weighted by Gasteiger charge is -2.33. The van der Waals surface area contributed by atoms with Gasteiger partial charge in [0.15, 0.2) is 0 Å². The number of rotatable bonds is 7. The highest BCUT2D eigenvalue weighted by Gasteiger charge is 2.47. The van der Waals surface area contributed by atoms with Gasteiger partial charge in [-0.25, -0.2) is 0 Å². The van der Waals surface area contributed by atoms with Crippen molar-refractivity contribution in [1.82, 2.24) is 0 Å². The van der Waals surface area contributed by atoms with E-state index < -0.39 is 5.41 Å². The molecule has 0 bridgehead atoms. The first-order chi connectivity index (χ1) is 31.7. The lowest BCUT2D eigenvalue weighted by atomic mass is 9.67.